The first-order valence-corrected chi connectivity index (χ1v) is 17.4. The molecule has 0 unspecified atom stereocenters. The number of aromatic amines is 2. The lowest BCUT2D eigenvalue weighted by Gasteiger charge is -2.27. The summed E-state index contributed by atoms with van der Waals surface area (Å²) < 4.78 is 20.0. The van der Waals surface area contributed by atoms with Crippen LogP contribution in [0.2, 0.25) is 0 Å². The summed E-state index contributed by atoms with van der Waals surface area (Å²) in [5.74, 6) is 3.00. The number of amides is 2. The van der Waals surface area contributed by atoms with Crippen LogP contribution in [-0.2, 0) is 9.47 Å². The highest BCUT2D eigenvalue weighted by molar-refractivity contribution is 6.00. The lowest BCUT2D eigenvalue weighted by molar-refractivity contribution is 0.0208. The fourth-order valence-electron chi connectivity index (χ4n) is 7.30. The molecule has 2 fully saturated rings. The van der Waals surface area contributed by atoms with Crippen LogP contribution in [0.15, 0.2) is 55.0 Å². The smallest absolute Gasteiger partial charge is 0.410 e. The van der Waals surface area contributed by atoms with Gasteiger partial charge >= 0.3 is 12.2 Å². The lowest BCUT2D eigenvalue weighted by atomic mass is 10.1. The van der Waals surface area contributed by atoms with Crippen molar-refractivity contribution < 1.29 is 23.8 Å². The molecular weight excluding hydrogens is 634 g/mol. The van der Waals surface area contributed by atoms with E-state index in [1.165, 1.54) is 0 Å². The van der Waals surface area contributed by atoms with Gasteiger partial charge in [-0.15, -0.1) is 0 Å². The zero-order valence-corrected chi connectivity index (χ0v) is 29.4. The lowest BCUT2D eigenvalue weighted by Crippen LogP contribution is -2.36. The van der Waals surface area contributed by atoms with Crippen LogP contribution in [0.4, 0.5) is 9.59 Å². The predicted molar refractivity (Wildman–Crippen MR) is 188 cm³/mol. The van der Waals surface area contributed by atoms with Gasteiger partial charge in [-0.05, 0) is 97.6 Å². The van der Waals surface area contributed by atoms with Gasteiger partial charge in [-0.3, -0.25) is 9.80 Å². The molecule has 8 rings (SSSR count). The number of H-pyrrole nitrogens is 2. The summed E-state index contributed by atoms with van der Waals surface area (Å²) in [5.41, 5.74) is 4.46. The van der Waals surface area contributed by atoms with Gasteiger partial charge in [0.1, 0.15) is 22.9 Å². The van der Waals surface area contributed by atoms with Crippen molar-refractivity contribution in [3.63, 3.8) is 0 Å². The highest BCUT2D eigenvalue weighted by atomic mass is 16.6. The molecule has 50 heavy (non-hydrogen) atoms. The van der Waals surface area contributed by atoms with Crippen molar-refractivity contribution in [1.82, 2.24) is 34.3 Å². The van der Waals surface area contributed by atoms with E-state index in [0.29, 0.717) is 13.1 Å². The minimum atomic E-state index is -0.558. The molecule has 3 aromatic heterocycles. The molecule has 0 saturated carbocycles. The Balaban J connectivity index is 1.04. The molecule has 3 aliphatic heterocycles. The second-order valence-corrected chi connectivity index (χ2v) is 15.4. The normalized spacial score (nSPS) is 18.8. The molecule has 3 aliphatic rings. The number of carbonyl (C=O) groups is 2. The third-order valence-corrected chi connectivity index (χ3v) is 9.44. The number of aromatic nitrogens is 5. The molecule has 0 spiro atoms. The van der Waals surface area contributed by atoms with E-state index in [9.17, 15) is 9.59 Å². The Bertz CT molecular complexity index is 2110. The molecule has 0 radical (unpaired) electrons. The number of nitrogens with zero attached hydrogens (tertiary/aromatic N) is 5. The molecule has 5 aromatic rings. The number of imidazole rings is 2. The van der Waals surface area contributed by atoms with Gasteiger partial charge in [-0.1, -0.05) is 6.07 Å². The average molecular weight is 678 g/mol. The monoisotopic (exact) mass is 677 g/mol. The van der Waals surface area contributed by atoms with Crippen molar-refractivity contribution >= 4 is 23.1 Å². The number of benzene rings is 2. The second kappa shape index (κ2) is 11.7. The molecule has 12 heteroatoms. The third-order valence-electron chi connectivity index (χ3n) is 9.44. The molecule has 12 nitrogen and oxygen atoms in total. The van der Waals surface area contributed by atoms with Crippen LogP contribution in [0.1, 0.15) is 91.0 Å². The molecule has 2 amide bonds. The summed E-state index contributed by atoms with van der Waals surface area (Å²) in [6, 6.07) is 12.0. The van der Waals surface area contributed by atoms with Crippen LogP contribution >= 0.6 is 0 Å². The summed E-state index contributed by atoms with van der Waals surface area (Å²) in [6.07, 6.45) is 8.55. The number of hydrogen-bond donors (Lipinski definition) is 2. The van der Waals surface area contributed by atoms with E-state index >= 15 is 0 Å². The number of hydrogen-bond acceptors (Lipinski definition) is 7. The SMILES string of the molecule is CC(C)(C)OC(=O)N1CCC[C@H]1c1ncc(-c2ccc3c(c2)Oc2ccc(-c4cnc([C@@H]5CCCN5C(=O)OC(C)(C)C)[nH]4)c4ccn-3c24)[nH]1. The fourth-order valence-corrected chi connectivity index (χ4v) is 7.30. The molecule has 2 N–H and O–H groups in total. The van der Waals surface area contributed by atoms with Gasteiger partial charge in [0.15, 0.2) is 11.5 Å². The maximum absolute atomic E-state index is 12.9. The maximum atomic E-state index is 12.9. The van der Waals surface area contributed by atoms with Crippen molar-refractivity contribution in [3.8, 4) is 39.7 Å². The van der Waals surface area contributed by atoms with Crippen LogP contribution in [0, 0.1) is 0 Å². The highest BCUT2D eigenvalue weighted by Crippen LogP contribution is 2.45. The molecule has 2 saturated heterocycles. The first-order chi connectivity index (χ1) is 23.8. The van der Waals surface area contributed by atoms with Crippen molar-refractivity contribution in [2.24, 2.45) is 0 Å². The van der Waals surface area contributed by atoms with E-state index in [1.807, 2.05) is 72.1 Å². The molecule has 0 aliphatic carbocycles. The summed E-state index contributed by atoms with van der Waals surface area (Å²) in [5, 5.41) is 1.03. The minimum Gasteiger partial charge on any atom is -0.453 e. The maximum Gasteiger partial charge on any atom is 0.410 e. The van der Waals surface area contributed by atoms with E-state index in [2.05, 4.69) is 43.9 Å². The number of nitrogens with one attached hydrogen (secondary N) is 2. The van der Waals surface area contributed by atoms with E-state index in [-0.39, 0.29) is 24.3 Å². The molecular formula is C38H43N7O5. The molecule has 2 aromatic carbocycles. The van der Waals surface area contributed by atoms with Gasteiger partial charge in [0, 0.05) is 35.8 Å². The number of fused-ring (bicyclic) bond motifs is 2. The summed E-state index contributed by atoms with van der Waals surface area (Å²) in [4.78, 5) is 45.7. The zero-order chi connectivity index (χ0) is 34.9. The summed E-state index contributed by atoms with van der Waals surface area (Å²) >= 11 is 0. The van der Waals surface area contributed by atoms with Gasteiger partial charge < -0.3 is 28.7 Å². The Kier molecular flexibility index (Phi) is 7.46. The first-order valence-electron chi connectivity index (χ1n) is 17.4. The van der Waals surface area contributed by atoms with E-state index in [1.54, 1.807) is 9.80 Å². The quantitative estimate of drug-likeness (QED) is 0.191. The fraction of sp³-hybridized carbons (Fsp3) is 0.421. The Morgan fingerprint density at radius 1 is 0.780 bits per heavy atom. The van der Waals surface area contributed by atoms with Crippen LogP contribution in [0.5, 0.6) is 11.5 Å². The van der Waals surface area contributed by atoms with Crippen LogP contribution < -0.4 is 4.74 Å². The zero-order valence-electron chi connectivity index (χ0n) is 29.4. The highest BCUT2D eigenvalue weighted by Gasteiger charge is 2.36. The van der Waals surface area contributed by atoms with E-state index in [0.717, 1.165) is 87.9 Å². The van der Waals surface area contributed by atoms with E-state index < -0.39 is 11.2 Å². The average Bonchev–Trinajstić information content (AvgIpc) is 3.88. The Hall–Kier alpha value is -5.26. The Morgan fingerprint density at radius 2 is 1.38 bits per heavy atom. The predicted octanol–water partition coefficient (Wildman–Crippen LogP) is 8.66. The molecule has 260 valence electrons. The van der Waals surface area contributed by atoms with E-state index in [4.69, 9.17) is 19.2 Å². The Morgan fingerprint density at radius 3 is 2.00 bits per heavy atom. The Labute approximate surface area is 290 Å². The van der Waals surface area contributed by atoms with Crippen molar-refractivity contribution in [1.29, 1.82) is 0 Å². The summed E-state index contributed by atoms with van der Waals surface area (Å²) in [6.45, 7) is 12.6. The number of ether oxygens (including phenoxy) is 3. The van der Waals surface area contributed by atoms with Crippen molar-refractivity contribution in [2.45, 2.75) is 90.5 Å². The largest absolute Gasteiger partial charge is 0.453 e. The van der Waals surface area contributed by atoms with Crippen molar-refractivity contribution in [3.05, 3.63) is 66.6 Å². The first kappa shape index (κ1) is 32.0. The molecule has 6 heterocycles. The standard InChI is InChI=1S/C38H43N7O5/c1-37(2,3)49-35(46)44-16-7-9-28(44)33-39-20-25(41-33)22-11-13-27-31(19-22)48-30-14-12-23(24-15-18-43(27)32(24)30)26-21-40-34(42-26)29-10-8-17-45(29)36(47)50-38(4,5)6/h11-15,18-21,28-29H,7-10,16-17H2,1-6H3,(H,39,41)(H,40,42)/t28-,29-/m0/s1. The number of likely N-dealkylation sites (tertiary alicyclic amines) is 2. The number of rotatable bonds is 4. The van der Waals surface area contributed by atoms with Gasteiger partial charge in [0.25, 0.3) is 0 Å². The van der Waals surface area contributed by atoms with Gasteiger partial charge in [0.2, 0.25) is 0 Å². The van der Waals surface area contributed by atoms with Crippen molar-refractivity contribution in [2.75, 3.05) is 13.1 Å². The van der Waals surface area contributed by atoms with Gasteiger partial charge in [-0.2, -0.15) is 0 Å². The molecule has 2 atom stereocenters. The second-order valence-electron chi connectivity index (χ2n) is 15.4. The summed E-state index contributed by atoms with van der Waals surface area (Å²) in [7, 11) is 0. The minimum absolute atomic E-state index is 0.158. The third kappa shape index (κ3) is 5.76. The van der Waals surface area contributed by atoms with Crippen LogP contribution in [-0.4, -0.2) is 70.8 Å². The molecule has 0 bridgehead atoms. The number of carbonyl (C=O) groups excluding carboxylic acids is 2. The van der Waals surface area contributed by atoms with Crippen LogP contribution in [0.25, 0.3) is 39.1 Å². The van der Waals surface area contributed by atoms with Gasteiger partial charge in [-0.25, -0.2) is 19.6 Å². The van der Waals surface area contributed by atoms with Gasteiger partial charge in [0.05, 0.1) is 47.1 Å². The topological polar surface area (TPSA) is 131 Å². The van der Waals surface area contributed by atoms with Crippen LogP contribution in [0.3, 0.4) is 0 Å².